The van der Waals surface area contributed by atoms with E-state index in [-0.39, 0.29) is 13.0 Å². The molecule has 1 aromatic carbocycles. The van der Waals surface area contributed by atoms with E-state index in [2.05, 4.69) is 0 Å². The molecule has 126 valence electrons. The number of rotatable bonds is 9. The number of hydrogen-bond donors (Lipinski definition) is 0. The molecule has 0 radical (unpaired) electrons. The van der Waals surface area contributed by atoms with Crippen LogP contribution in [0.3, 0.4) is 0 Å². The van der Waals surface area contributed by atoms with Gasteiger partial charge in [-0.15, -0.1) is 0 Å². The zero-order chi connectivity index (χ0) is 17.5. The maximum absolute atomic E-state index is 12.6. The van der Waals surface area contributed by atoms with Gasteiger partial charge >= 0.3 is 5.97 Å². The molecule has 2 atom stereocenters. The Morgan fingerprint density at radius 3 is 2.35 bits per heavy atom. The number of benzene rings is 1. The highest BCUT2D eigenvalue weighted by Gasteiger charge is 2.52. The predicted octanol–water partition coefficient (Wildman–Crippen LogP) is 2.00. The Kier molecular flexibility index (Phi) is 6.68. The fourth-order valence-corrected chi connectivity index (χ4v) is 2.67. The summed E-state index contributed by atoms with van der Waals surface area (Å²) in [6.45, 7) is 2.68. The van der Waals surface area contributed by atoms with Gasteiger partial charge in [0.15, 0.2) is 5.41 Å². The van der Waals surface area contributed by atoms with Gasteiger partial charge in [0.25, 0.3) is 0 Å². The molecule has 0 amide bonds. The molecule has 7 nitrogen and oxygen atoms in total. The summed E-state index contributed by atoms with van der Waals surface area (Å²) >= 11 is 0. The maximum Gasteiger partial charge on any atom is 0.324 e. The molecule has 0 saturated heterocycles. The van der Waals surface area contributed by atoms with E-state index in [0.717, 1.165) is 0 Å². The lowest BCUT2D eigenvalue weighted by Crippen LogP contribution is -2.50. The van der Waals surface area contributed by atoms with Crippen LogP contribution in [0.1, 0.15) is 25.8 Å². The van der Waals surface area contributed by atoms with E-state index >= 15 is 0 Å². The molecule has 0 heterocycles. The third kappa shape index (κ3) is 3.85. The van der Waals surface area contributed by atoms with Crippen LogP contribution in [0.15, 0.2) is 24.3 Å². The van der Waals surface area contributed by atoms with Crippen molar-refractivity contribution in [3.63, 3.8) is 0 Å². The van der Waals surface area contributed by atoms with Gasteiger partial charge in [0, 0.05) is 10.8 Å². The average Bonchev–Trinajstić information content (AvgIpc) is 2.54. The van der Waals surface area contributed by atoms with Crippen LogP contribution in [0.25, 0.3) is 0 Å². The van der Waals surface area contributed by atoms with Gasteiger partial charge in [0.2, 0.25) is 6.54 Å². The summed E-state index contributed by atoms with van der Waals surface area (Å²) in [5, 5.41) is 11.2. The van der Waals surface area contributed by atoms with Crippen molar-refractivity contribution >= 4 is 12.3 Å². The van der Waals surface area contributed by atoms with Crippen LogP contribution in [0.4, 0.5) is 0 Å². The monoisotopic (exact) mass is 323 g/mol. The van der Waals surface area contributed by atoms with Crippen molar-refractivity contribution in [1.82, 2.24) is 0 Å². The minimum Gasteiger partial charge on any atom is -0.497 e. The second-order valence-corrected chi connectivity index (χ2v) is 5.06. The SMILES string of the molecule is CCOC(=O)C(C[N+](=O)[O-])(c1ccc(OC)cc1)C(C=O)CC. The molecule has 0 aliphatic rings. The Morgan fingerprint density at radius 1 is 1.35 bits per heavy atom. The average molecular weight is 323 g/mol. The summed E-state index contributed by atoms with van der Waals surface area (Å²) in [5.74, 6) is -1.08. The first kappa shape index (κ1) is 18.6. The minimum absolute atomic E-state index is 0.0732. The maximum atomic E-state index is 12.6. The van der Waals surface area contributed by atoms with Crippen LogP contribution >= 0.6 is 0 Å². The smallest absolute Gasteiger partial charge is 0.324 e. The molecule has 7 heteroatoms. The quantitative estimate of drug-likeness (QED) is 0.298. The number of ether oxygens (including phenoxy) is 2. The Balaban J connectivity index is 3.53. The zero-order valence-corrected chi connectivity index (χ0v) is 13.5. The Morgan fingerprint density at radius 2 is 1.96 bits per heavy atom. The van der Waals surface area contributed by atoms with Crippen LogP contribution < -0.4 is 4.74 Å². The Bertz CT molecular complexity index is 556. The number of nitrogens with zero attached hydrogens (tertiary/aromatic N) is 1. The van der Waals surface area contributed by atoms with Crippen molar-refractivity contribution < 1.29 is 24.0 Å². The summed E-state index contributed by atoms with van der Waals surface area (Å²) in [6.07, 6.45) is 0.868. The highest BCUT2D eigenvalue weighted by molar-refractivity contribution is 5.87. The van der Waals surface area contributed by atoms with E-state index in [1.165, 1.54) is 7.11 Å². The minimum atomic E-state index is -1.65. The van der Waals surface area contributed by atoms with E-state index in [9.17, 15) is 19.7 Å². The van der Waals surface area contributed by atoms with E-state index in [4.69, 9.17) is 9.47 Å². The summed E-state index contributed by atoms with van der Waals surface area (Å²) < 4.78 is 10.1. The van der Waals surface area contributed by atoms with Crippen molar-refractivity contribution in [2.45, 2.75) is 25.7 Å². The van der Waals surface area contributed by atoms with Crippen molar-refractivity contribution in [2.24, 2.45) is 5.92 Å². The molecule has 0 spiro atoms. The summed E-state index contributed by atoms with van der Waals surface area (Å²) in [7, 11) is 1.49. The fraction of sp³-hybridized carbons (Fsp3) is 0.500. The first-order chi connectivity index (χ1) is 11.0. The van der Waals surface area contributed by atoms with Crippen molar-refractivity contribution in [1.29, 1.82) is 0 Å². The first-order valence-electron chi connectivity index (χ1n) is 7.35. The molecule has 2 unspecified atom stereocenters. The van der Waals surface area contributed by atoms with E-state index in [1.807, 2.05) is 0 Å². The predicted molar refractivity (Wildman–Crippen MR) is 83.0 cm³/mol. The molecule has 0 aliphatic heterocycles. The molecule has 23 heavy (non-hydrogen) atoms. The summed E-state index contributed by atoms with van der Waals surface area (Å²) in [4.78, 5) is 34.7. The lowest BCUT2D eigenvalue weighted by molar-refractivity contribution is -0.490. The summed E-state index contributed by atoms with van der Waals surface area (Å²) in [5.41, 5.74) is -1.28. The number of hydrogen-bond acceptors (Lipinski definition) is 6. The van der Waals surface area contributed by atoms with Crippen molar-refractivity contribution in [3.05, 3.63) is 39.9 Å². The standard InChI is InChI=1S/C16H21NO6/c1-4-12(10-18)16(11-17(20)21,15(19)23-5-2)13-6-8-14(22-3)9-7-13/h6-10,12H,4-5,11H2,1-3H3. The van der Waals surface area contributed by atoms with Gasteiger partial charge in [0.05, 0.1) is 13.7 Å². The van der Waals surface area contributed by atoms with Crippen molar-refractivity contribution in [2.75, 3.05) is 20.3 Å². The molecular weight excluding hydrogens is 302 g/mol. The van der Waals surface area contributed by atoms with Crippen molar-refractivity contribution in [3.8, 4) is 5.75 Å². The number of esters is 1. The normalized spacial score (nSPS) is 14.4. The van der Waals surface area contributed by atoms with E-state index in [1.54, 1.807) is 38.1 Å². The lowest BCUT2D eigenvalue weighted by atomic mass is 9.69. The largest absolute Gasteiger partial charge is 0.497 e. The molecule has 1 rings (SSSR count). The zero-order valence-electron chi connectivity index (χ0n) is 13.5. The Labute approximate surface area is 134 Å². The van der Waals surface area contributed by atoms with Gasteiger partial charge < -0.3 is 14.3 Å². The molecule has 0 N–H and O–H groups in total. The van der Waals surface area contributed by atoms with Crippen LogP contribution in [0.2, 0.25) is 0 Å². The van der Waals surface area contributed by atoms with Gasteiger partial charge in [-0.1, -0.05) is 19.1 Å². The number of carbonyl (C=O) groups is 2. The fourth-order valence-electron chi connectivity index (χ4n) is 2.67. The van der Waals surface area contributed by atoms with Gasteiger partial charge in [-0.05, 0) is 31.0 Å². The third-order valence-electron chi connectivity index (χ3n) is 3.86. The molecule has 0 saturated carbocycles. The molecule has 1 aromatic rings. The van der Waals surface area contributed by atoms with E-state index < -0.39 is 28.8 Å². The molecule has 0 aliphatic carbocycles. The number of carbonyl (C=O) groups excluding carboxylic acids is 2. The highest BCUT2D eigenvalue weighted by Crippen LogP contribution is 2.36. The molecule has 0 fully saturated rings. The summed E-state index contributed by atoms with van der Waals surface area (Å²) in [6, 6.07) is 6.32. The first-order valence-corrected chi connectivity index (χ1v) is 7.35. The van der Waals surface area contributed by atoms with Gasteiger partial charge in [-0.2, -0.15) is 0 Å². The second-order valence-electron chi connectivity index (χ2n) is 5.06. The van der Waals surface area contributed by atoms with Crippen LogP contribution in [-0.2, 0) is 19.7 Å². The molecule has 0 aromatic heterocycles. The third-order valence-corrected chi connectivity index (χ3v) is 3.86. The van der Waals surface area contributed by atoms with Crippen LogP contribution in [0, 0.1) is 16.0 Å². The van der Waals surface area contributed by atoms with Crippen LogP contribution in [-0.4, -0.2) is 37.4 Å². The Hall–Kier alpha value is -2.44. The van der Waals surface area contributed by atoms with Gasteiger partial charge in [-0.3, -0.25) is 14.9 Å². The van der Waals surface area contributed by atoms with Gasteiger partial charge in [0.1, 0.15) is 12.0 Å². The second kappa shape index (κ2) is 8.26. The lowest BCUT2D eigenvalue weighted by Gasteiger charge is -2.32. The van der Waals surface area contributed by atoms with Gasteiger partial charge in [-0.25, -0.2) is 0 Å². The van der Waals surface area contributed by atoms with Crippen LogP contribution in [0.5, 0.6) is 5.75 Å². The number of nitro groups is 1. The van der Waals surface area contributed by atoms with E-state index in [0.29, 0.717) is 17.6 Å². The topological polar surface area (TPSA) is 95.7 Å². The number of methoxy groups -OCH3 is 1. The molecular formula is C16H21NO6. The highest BCUT2D eigenvalue weighted by atomic mass is 16.6. The number of aldehydes is 1. The molecule has 0 bridgehead atoms.